The maximum Gasteiger partial charge on any atom is 0.317 e. The van der Waals surface area contributed by atoms with E-state index >= 15 is 0 Å². The molecule has 2 aliphatic rings. The molecule has 132 valence electrons. The van der Waals surface area contributed by atoms with Crippen molar-refractivity contribution in [3.63, 3.8) is 0 Å². The predicted molar refractivity (Wildman–Crippen MR) is 92.3 cm³/mol. The predicted octanol–water partition coefficient (Wildman–Crippen LogP) is 2.54. The van der Waals surface area contributed by atoms with Crippen molar-refractivity contribution < 1.29 is 9.53 Å². The van der Waals surface area contributed by atoms with E-state index in [9.17, 15) is 4.79 Å². The van der Waals surface area contributed by atoms with E-state index in [-0.39, 0.29) is 12.1 Å². The number of amides is 2. The minimum atomic E-state index is 0.0127. The van der Waals surface area contributed by atoms with E-state index in [1.54, 1.807) is 12.7 Å². The number of urea groups is 1. The first-order valence-corrected chi connectivity index (χ1v) is 8.92. The number of carbonyl (C=O) groups excluding carboxylic acids is 1. The van der Waals surface area contributed by atoms with Crippen LogP contribution in [0.3, 0.4) is 0 Å². The molecule has 1 aromatic carbocycles. The molecule has 1 N–H and O–H groups in total. The van der Waals surface area contributed by atoms with Gasteiger partial charge in [-0.3, -0.25) is 0 Å². The fourth-order valence-electron chi connectivity index (χ4n) is 3.65. The molecule has 4 rings (SSSR count). The Morgan fingerprint density at radius 2 is 2.04 bits per heavy atom. The van der Waals surface area contributed by atoms with Crippen molar-refractivity contribution in [1.82, 2.24) is 25.0 Å². The van der Waals surface area contributed by atoms with Gasteiger partial charge in [0.1, 0.15) is 18.4 Å². The summed E-state index contributed by atoms with van der Waals surface area (Å²) < 4.78 is 7.68. The third-order valence-corrected chi connectivity index (χ3v) is 5.05. The Bertz CT molecular complexity index is 710. The Morgan fingerprint density at radius 3 is 2.84 bits per heavy atom. The molecule has 0 unspecified atom stereocenters. The summed E-state index contributed by atoms with van der Waals surface area (Å²) in [6.07, 6.45) is 6.96. The summed E-state index contributed by atoms with van der Waals surface area (Å²) in [6.45, 7) is 2.18. The fourth-order valence-corrected chi connectivity index (χ4v) is 3.65. The Hall–Kier alpha value is -2.57. The number of carbonyl (C=O) groups is 1. The monoisotopic (exact) mass is 341 g/mol. The second kappa shape index (κ2) is 7.13. The van der Waals surface area contributed by atoms with Crippen LogP contribution < -0.4 is 10.1 Å². The van der Waals surface area contributed by atoms with Crippen LogP contribution in [0, 0.1) is 0 Å². The van der Waals surface area contributed by atoms with Crippen LogP contribution in [0.4, 0.5) is 4.79 Å². The number of hydrogen-bond donors (Lipinski definition) is 1. The Morgan fingerprint density at radius 1 is 1.20 bits per heavy atom. The molecule has 25 heavy (non-hydrogen) atoms. The molecule has 0 radical (unpaired) electrons. The van der Waals surface area contributed by atoms with Crippen molar-refractivity contribution in [3.8, 4) is 5.75 Å². The molecule has 7 heteroatoms. The topological polar surface area (TPSA) is 72.3 Å². The first-order valence-electron chi connectivity index (χ1n) is 8.92. The number of fused-ring (bicyclic) bond motifs is 1. The lowest BCUT2D eigenvalue weighted by molar-refractivity contribution is 0.165. The third-order valence-electron chi connectivity index (χ3n) is 5.05. The number of nitrogens with one attached hydrogen (secondary N) is 1. The average molecular weight is 341 g/mol. The molecule has 0 saturated carbocycles. The lowest BCUT2D eigenvalue weighted by Crippen LogP contribution is -2.45. The number of rotatable bonds is 2. The van der Waals surface area contributed by atoms with Crippen LogP contribution in [0.15, 0.2) is 36.9 Å². The fraction of sp³-hybridized carbons (Fsp3) is 0.500. The number of hydrogen-bond acceptors (Lipinski definition) is 4. The lowest BCUT2D eigenvalue weighted by Gasteiger charge is -2.33. The molecule has 3 heterocycles. The zero-order valence-corrected chi connectivity index (χ0v) is 14.2. The zero-order chi connectivity index (χ0) is 17.1. The van der Waals surface area contributed by atoms with Gasteiger partial charge in [-0.15, -0.1) is 0 Å². The second-order valence-corrected chi connectivity index (χ2v) is 6.62. The van der Waals surface area contributed by atoms with E-state index < -0.39 is 0 Å². The molecular weight excluding hydrogens is 318 g/mol. The van der Waals surface area contributed by atoms with Crippen LogP contribution in [0.25, 0.3) is 0 Å². The largest absolute Gasteiger partial charge is 0.493 e. The van der Waals surface area contributed by atoms with Crippen molar-refractivity contribution >= 4 is 6.03 Å². The van der Waals surface area contributed by atoms with E-state index in [0.29, 0.717) is 12.6 Å². The number of nitrogens with zero attached hydrogens (tertiary/aromatic N) is 4. The molecule has 1 saturated heterocycles. The number of para-hydroxylation sites is 1. The summed E-state index contributed by atoms with van der Waals surface area (Å²) in [7, 11) is 0. The highest BCUT2D eigenvalue weighted by molar-refractivity contribution is 5.75. The minimum Gasteiger partial charge on any atom is -0.493 e. The molecule has 2 amide bonds. The van der Waals surface area contributed by atoms with Gasteiger partial charge in [0.25, 0.3) is 0 Å². The minimum absolute atomic E-state index is 0.0127. The number of ether oxygens (including phenoxy) is 1. The molecule has 0 spiro atoms. The van der Waals surface area contributed by atoms with Gasteiger partial charge in [0.15, 0.2) is 0 Å². The SMILES string of the molecule is O=C(N[C@H]1CCCOc2ccccc21)N1CCC(n2cncn2)CC1. The highest BCUT2D eigenvalue weighted by Gasteiger charge is 2.27. The van der Waals surface area contributed by atoms with E-state index in [4.69, 9.17) is 4.74 Å². The Labute approximate surface area is 147 Å². The van der Waals surface area contributed by atoms with E-state index in [0.717, 1.165) is 50.1 Å². The van der Waals surface area contributed by atoms with E-state index in [1.807, 2.05) is 33.8 Å². The van der Waals surface area contributed by atoms with Crippen molar-refractivity contribution in [2.45, 2.75) is 37.8 Å². The first kappa shape index (κ1) is 15.9. The third kappa shape index (κ3) is 3.45. The average Bonchev–Trinajstić information content (AvgIpc) is 3.12. The number of aromatic nitrogens is 3. The highest BCUT2D eigenvalue weighted by Crippen LogP contribution is 2.31. The summed E-state index contributed by atoms with van der Waals surface area (Å²) in [5.74, 6) is 0.884. The van der Waals surface area contributed by atoms with Crippen LogP contribution >= 0.6 is 0 Å². The maximum atomic E-state index is 12.7. The van der Waals surface area contributed by atoms with Crippen molar-refractivity contribution in [1.29, 1.82) is 0 Å². The van der Waals surface area contributed by atoms with Gasteiger partial charge in [0.2, 0.25) is 0 Å². The quantitative estimate of drug-likeness (QED) is 0.911. The number of likely N-dealkylation sites (tertiary alicyclic amines) is 1. The first-order chi connectivity index (χ1) is 12.3. The van der Waals surface area contributed by atoms with Gasteiger partial charge in [0.05, 0.1) is 18.7 Å². The van der Waals surface area contributed by atoms with Gasteiger partial charge in [-0.05, 0) is 31.7 Å². The highest BCUT2D eigenvalue weighted by atomic mass is 16.5. The zero-order valence-electron chi connectivity index (χ0n) is 14.2. The van der Waals surface area contributed by atoms with Crippen LogP contribution in [0.1, 0.15) is 43.3 Å². The summed E-state index contributed by atoms with van der Waals surface area (Å²) in [4.78, 5) is 18.6. The van der Waals surface area contributed by atoms with Gasteiger partial charge in [-0.2, -0.15) is 5.10 Å². The molecule has 0 aliphatic carbocycles. The van der Waals surface area contributed by atoms with Crippen LogP contribution in [-0.4, -0.2) is 45.4 Å². The number of benzene rings is 1. The van der Waals surface area contributed by atoms with E-state index in [1.165, 1.54) is 0 Å². The molecule has 2 aromatic rings. The molecule has 7 nitrogen and oxygen atoms in total. The van der Waals surface area contributed by atoms with Crippen LogP contribution in [-0.2, 0) is 0 Å². The summed E-state index contributed by atoms with van der Waals surface area (Å²) in [6, 6.07) is 8.34. The van der Waals surface area contributed by atoms with Gasteiger partial charge >= 0.3 is 6.03 Å². The maximum absolute atomic E-state index is 12.7. The van der Waals surface area contributed by atoms with Crippen LogP contribution in [0.5, 0.6) is 5.75 Å². The summed E-state index contributed by atoms with van der Waals surface area (Å²) in [5, 5.41) is 7.42. The summed E-state index contributed by atoms with van der Waals surface area (Å²) >= 11 is 0. The molecule has 1 fully saturated rings. The van der Waals surface area contributed by atoms with E-state index in [2.05, 4.69) is 15.4 Å². The number of piperidine rings is 1. The molecule has 1 aromatic heterocycles. The Kier molecular flexibility index (Phi) is 4.54. The smallest absolute Gasteiger partial charge is 0.317 e. The van der Waals surface area contributed by atoms with Crippen molar-refractivity contribution in [3.05, 3.63) is 42.5 Å². The molecule has 0 bridgehead atoms. The standard InChI is InChI=1S/C18H23N5O2/c24-18(22-9-7-14(8-10-22)23-13-19-12-20-23)21-16-5-3-11-25-17-6-2-1-4-15(16)17/h1-2,4,6,12-14,16H,3,5,7-11H2,(H,21,24)/t16-/m0/s1. The van der Waals surface area contributed by atoms with Gasteiger partial charge < -0.3 is 15.0 Å². The summed E-state index contributed by atoms with van der Waals surface area (Å²) in [5.41, 5.74) is 1.07. The second-order valence-electron chi connectivity index (χ2n) is 6.62. The van der Waals surface area contributed by atoms with Crippen molar-refractivity contribution in [2.24, 2.45) is 0 Å². The molecular formula is C18H23N5O2. The lowest BCUT2D eigenvalue weighted by atomic mass is 10.0. The Balaban J connectivity index is 1.38. The van der Waals surface area contributed by atoms with Gasteiger partial charge in [-0.25, -0.2) is 14.5 Å². The van der Waals surface area contributed by atoms with Crippen molar-refractivity contribution in [2.75, 3.05) is 19.7 Å². The van der Waals surface area contributed by atoms with Gasteiger partial charge in [-0.1, -0.05) is 18.2 Å². The van der Waals surface area contributed by atoms with Crippen LogP contribution in [0.2, 0.25) is 0 Å². The normalized spacial score (nSPS) is 21.1. The molecule has 1 atom stereocenters. The molecule has 2 aliphatic heterocycles. The van der Waals surface area contributed by atoms with Gasteiger partial charge in [0, 0.05) is 18.7 Å².